The molecule has 156 valence electrons. The van der Waals surface area contributed by atoms with Crippen LogP contribution in [0.15, 0.2) is 35.9 Å². The van der Waals surface area contributed by atoms with Gasteiger partial charge in [-0.1, -0.05) is 12.1 Å². The molecule has 8 nitrogen and oxygen atoms in total. The molecule has 8 heteroatoms. The van der Waals surface area contributed by atoms with Crippen LogP contribution in [0, 0.1) is 0 Å². The third kappa shape index (κ3) is 5.14. The van der Waals surface area contributed by atoms with Gasteiger partial charge in [0.25, 0.3) is 11.8 Å². The molecule has 29 heavy (non-hydrogen) atoms. The fraction of sp³-hybridized carbons (Fsp3) is 0.476. The van der Waals surface area contributed by atoms with E-state index < -0.39 is 11.8 Å². The number of piperazine rings is 1. The van der Waals surface area contributed by atoms with E-state index >= 15 is 0 Å². The largest absolute Gasteiger partial charge is 0.489 e. The molecule has 2 aliphatic rings. The summed E-state index contributed by atoms with van der Waals surface area (Å²) in [6.45, 7) is 9.49. The van der Waals surface area contributed by atoms with Crippen LogP contribution in [-0.4, -0.2) is 66.5 Å². The monoisotopic (exact) mass is 400 g/mol. The van der Waals surface area contributed by atoms with Crippen LogP contribution in [0.25, 0.3) is 0 Å². The lowest BCUT2D eigenvalue weighted by molar-refractivity contribution is -0.146. The molecule has 0 spiro atoms. The van der Waals surface area contributed by atoms with Crippen molar-refractivity contribution in [3.63, 3.8) is 0 Å². The SMILES string of the molecule is CC1=CC(=O)N(NC(=O)CCN2CCN(c3ccccc3OC(C)C)CC2)C1=O. The Morgan fingerprint density at radius 2 is 1.83 bits per heavy atom. The van der Waals surface area contributed by atoms with Gasteiger partial charge >= 0.3 is 0 Å². The maximum atomic E-state index is 12.1. The van der Waals surface area contributed by atoms with E-state index in [9.17, 15) is 14.4 Å². The predicted octanol–water partition coefficient (Wildman–Crippen LogP) is 1.33. The molecule has 1 saturated heterocycles. The molecule has 1 fully saturated rings. The average Bonchev–Trinajstić information content (AvgIpc) is 2.93. The number of hydrazine groups is 1. The third-order valence-corrected chi connectivity index (χ3v) is 4.93. The minimum atomic E-state index is -0.503. The topological polar surface area (TPSA) is 82.2 Å². The number of nitrogens with one attached hydrogen (secondary N) is 1. The first-order valence-corrected chi connectivity index (χ1v) is 9.94. The fourth-order valence-electron chi connectivity index (χ4n) is 3.42. The second-order valence-corrected chi connectivity index (χ2v) is 7.55. The summed E-state index contributed by atoms with van der Waals surface area (Å²) in [5, 5.41) is 0.779. The molecule has 3 amide bonds. The Balaban J connectivity index is 1.45. The average molecular weight is 400 g/mol. The van der Waals surface area contributed by atoms with Gasteiger partial charge in [0.2, 0.25) is 5.91 Å². The van der Waals surface area contributed by atoms with E-state index in [2.05, 4.69) is 21.3 Å². The van der Waals surface area contributed by atoms with E-state index in [0.29, 0.717) is 12.1 Å². The number of rotatable bonds is 7. The van der Waals surface area contributed by atoms with Gasteiger partial charge in [-0.2, -0.15) is 5.01 Å². The molecule has 1 aromatic rings. The van der Waals surface area contributed by atoms with Crippen LogP contribution >= 0.6 is 0 Å². The lowest BCUT2D eigenvalue weighted by Crippen LogP contribution is -2.49. The molecule has 0 bridgehead atoms. The fourth-order valence-corrected chi connectivity index (χ4v) is 3.42. The number of ether oxygens (including phenoxy) is 1. The van der Waals surface area contributed by atoms with Crippen LogP contribution in [0.3, 0.4) is 0 Å². The van der Waals surface area contributed by atoms with Crippen LogP contribution in [-0.2, 0) is 14.4 Å². The normalized spacial score (nSPS) is 17.7. The van der Waals surface area contributed by atoms with Crippen molar-refractivity contribution in [2.75, 3.05) is 37.6 Å². The van der Waals surface area contributed by atoms with Crippen molar-refractivity contribution < 1.29 is 19.1 Å². The Hall–Kier alpha value is -2.87. The summed E-state index contributed by atoms with van der Waals surface area (Å²) in [5.74, 6) is -0.428. The zero-order valence-corrected chi connectivity index (χ0v) is 17.2. The molecular formula is C21H28N4O4. The molecule has 1 N–H and O–H groups in total. The zero-order valence-electron chi connectivity index (χ0n) is 17.2. The van der Waals surface area contributed by atoms with Gasteiger partial charge in [0.15, 0.2) is 0 Å². The Labute approximate surface area is 171 Å². The summed E-state index contributed by atoms with van der Waals surface area (Å²) in [7, 11) is 0. The van der Waals surface area contributed by atoms with Crippen molar-refractivity contribution in [3.05, 3.63) is 35.9 Å². The van der Waals surface area contributed by atoms with E-state index in [1.807, 2.05) is 32.0 Å². The molecule has 0 saturated carbocycles. The van der Waals surface area contributed by atoms with Crippen molar-refractivity contribution in [2.45, 2.75) is 33.3 Å². The molecule has 0 aromatic heterocycles. The number of carbonyl (C=O) groups is 3. The summed E-state index contributed by atoms with van der Waals surface area (Å²) < 4.78 is 5.92. The number of carbonyl (C=O) groups excluding carboxylic acids is 3. The van der Waals surface area contributed by atoms with E-state index in [0.717, 1.165) is 42.6 Å². The minimum Gasteiger partial charge on any atom is -0.489 e. The van der Waals surface area contributed by atoms with Crippen LogP contribution in [0.5, 0.6) is 5.75 Å². The quantitative estimate of drug-likeness (QED) is 0.696. The van der Waals surface area contributed by atoms with Crippen molar-refractivity contribution in [3.8, 4) is 5.75 Å². The first kappa shape index (κ1) is 20.9. The summed E-state index contributed by atoms with van der Waals surface area (Å²) in [5.41, 5.74) is 3.82. The Morgan fingerprint density at radius 3 is 2.45 bits per heavy atom. The maximum Gasteiger partial charge on any atom is 0.275 e. The molecule has 0 radical (unpaired) electrons. The lowest BCUT2D eigenvalue weighted by Gasteiger charge is -2.36. The number of anilines is 1. The highest BCUT2D eigenvalue weighted by Gasteiger charge is 2.30. The predicted molar refractivity (Wildman–Crippen MR) is 109 cm³/mol. The number of hydrogen-bond donors (Lipinski definition) is 1. The lowest BCUT2D eigenvalue weighted by atomic mass is 10.2. The first-order valence-electron chi connectivity index (χ1n) is 9.94. The van der Waals surface area contributed by atoms with Crippen LogP contribution < -0.4 is 15.1 Å². The second-order valence-electron chi connectivity index (χ2n) is 7.55. The molecule has 0 atom stereocenters. The zero-order chi connectivity index (χ0) is 21.0. The Morgan fingerprint density at radius 1 is 1.14 bits per heavy atom. The highest BCUT2D eigenvalue weighted by molar-refractivity contribution is 6.16. The summed E-state index contributed by atoms with van der Waals surface area (Å²) in [4.78, 5) is 40.1. The first-order chi connectivity index (χ1) is 13.8. The van der Waals surface area contributed by atoms with Crippen LogP contribution in [0.2, 0.25) is 0 Å². The van der Waals surface area contributed by atoms with Gasteiger partial charge in [0.05, 0.1) is 11.8 Å². The Bertz CT molecular complexity index is 813. The highest BCUT2D eigenvalue weighted by atomic mass is 16.5. The van der Waals surface area contributed by atoms with Crippen LogP contribution in [0.4, 0.5) is 5.69 Å². The van der Waals surface area contributed by atoms with Crippen LogP contribution in [0.1, 0.15) is 27.2 Å². The van der Waals surface area contributed by atoms with Crippen molar-refractivity contribution in [2.24, 2.45) is 0 Å². The summed E-state index contributed by atoms with van der Waals surface area (Å²) in [6.07, 6.45) is 1.57. The van der Waals surface area contributed by atoms with Gasteiger partial charge in [-0.05, 0) is 32.9 Å². The molecule has 0 unspecified atom stereocenters. The Kier molecular flexibility index (Phi) is 6.53. The summed E-state index contributed by atoms with van der Waals surface area (Å²) in [6, 6.07) is 8.05. The maximum absolute atomic E-state index is 12.1. The molecule has 2 heterocycles. The van der Waals surface area contributed by atoms with E-state index in [4.69, 9.17) is 4.74 Å². The molecule has 3 rings (SSSR count). The van der Waals surface area contributed by atoms with Gasteiger partial charge in [-0.15, -0.1) is 0 Å². The van der Waals surface area contributed by atoms with Gasteiger partial charge < -0.3 is 9.64 Å². The molecule has 2 aliphatic heterocycles. The van der Waals surface area contributed by atoms with E-state index in [1.54, 1.807) is 6.92 Å². The highest BCUT2D eigenvalue weighted by Crippen LogP contribution is 2.29. The third-order valence-electron chi connectivity index (χ3n) is 4.93. The van der Waals surface area contributed by atoms with Gasteiger partial charge in [0, 0.05) is 50.8 Å². The number of amides is 3. The van der Waals surface area contributed by atoms with Gasteiger partial charge in [0.1, 0.15) is 5.75 Å². The summed E-state index contributed by atoms with van der Waals surface area (Å²) >= 11 is 0. The number of hydrogen-bond acceptors (Lipinski definition) is 6. The second kappa shape index (κ2) is 9.09. The molecular weight excluding hydrogens is 372 g/mol. The number of imide groups is 1. The molecule has 0 aliphatic carbocycles. The van der Waals surface area contributed by atoms with Crippen molar-refractivity contribution >= 4 is 23.4 Å². The standard InChI is InChI=1S/C21H28N4O4/c1-15(2)29-18-7-5-4-6-17(18)24-12-10-23(11-13-24)9-8-19(26)22-25-20(27)14-16(3)21(25)28/h4-7,14-15H,8-13H2,1-3H3,(H,22,26). The van der Waals surface area contributed by atoms with Gasteiger partial charge in [-0.3, -0.25) is 24.7 Å². The van der Waals surface area contributed by atoms with E-state index in [-0.39, 0.29) is 18.4 Å². The molecule has 1 aromatic carbocycles. The number of para-hydroxylation sites is 2. The van der Waals surface area contributed by atoms with Crippen molar-refractivity contribution in [1.82, 2.24) is 15.3 Å². The van der Waals surface area contributed by atoms with Crippen molar-refractivity contribution in [1.29, 1.82) is 0 Å². The van der Waals surface area contributed by atoms with Gasteiger partial charge in [-0.25, -0.2) is 0 Å². The van der Waals surface area contributed by atoms with E-state index in [1.165, 1.54) is 6.08 Å². The minimum absolute atomic E-state index is 0.115. The number of nitrogens with zero attached hydrogens (tertiary/aromatic N) is 3. The number of benzene rings is 1. The smallest absolute Gasteiger partial charge is 0.275 e.